The van der Waals surface area contributed by atoms with Gasteiger partial charge < -0.3 is 19.9 Å². The molecule has 0 radical (unpaired) electrons. The molecule has 2 N–H and O–H groups in total. The van der Waals surface area contributed by atoms with Crippen molar-refractivity contribution in [2.45, 2.75) is 50.3 Å². The Kier molecular flexibility index (Phi) is 5.83. The lowest BCUT2D eigenvalue weighted by Crippen LogP contribution is -2.40. The summed E-state index contributed by atoms with van der Waals surface area (Å²) < 4.78 is 5.37. The summed E-state index contributed by atoms with van der Waals surface area (Å²) in [4.78, 5) is 41.3. The van der Waals surface area contributed by atoms with Crippen LogP contribution in [-0.2, 0) is 9.53 Å². The number of aromatic nitrogens is 4. The third kappa shape index (κ3) is 5.31. The van der Waals surface area contributed by atoms with Gasteiger partial charge in [-0.25, -0.2) is 19.7 Å². The SMILES string of the molecule is CC(C)(C)OC(=O)N1CC[C@H](NC(=O)CCSc2ncnc3nc[nH]c23)C1. The molecule has 9 nitrogen and oxygen atoms in total. The second-order valence-corrected chi connectivity index (χ2v) is 8.44. The van der Waals surface area contributed by atoms with E-state index in [1.165, 1.54) is 18.1 Å². The van der Waals surface area contributed by atoms with Gasteiger partial charge in [0.2, 0.25) is 5.91 Å². The van der Waals surface area contributed by atoms with Gasteiger partial charge in [-0.05, 0) is 27.2 Å². The largest absolute Gasteiger partial charge is 0.444 e. The molecule has 0 aliphatic carbocycles. The zero-order valence-corrected chi connectivity index (χ0v) is 16.5. The van der Waals surface area contributed by atoms with Gasteiger partial charge in [0.1, 0.15) is 22.5 Å². The van der Waals surface area contributed by atoms with Gasteiger partial charge in [0, 0.05) is 31.3 Å². The molecule has 1 aliphatic heterocycles. The van der Waals surface area contributed by atoms with E-state index in [2.05, 4.69) is 25.3 Å². The molecule has 0 spiro atoms. The number of hydrogen-bond donors (Lipinski definition) is 2. The average Bonchev–Trinajstić information content (AvgIpc) is 3.22. The summed E-state index contributed by atoms with van der Waals surface area (Å²) in [6.45, 7) is 6.59. The minimum Gasteiger partial charge on any atom is -0.444 e. The third-order valence-electron chi connectivity index (χ3n) is 3.96. The fraction of sp³-hybridized carbons (Fsp3) is 0.588. The maximum absolute atomic E-state index is 12.2. The molecule has 0 unspecified atom stereocenters. The van der Waals surface area contributed by atoms with Crippen molar-refractivity contribution in [2.24, 2.45) is 0 Å². The summed E-state index contributed by atoms with van der Waals surface area (Å²) in [5, 5.41) is 3.77. The molecular weight excluding hydrogens is 368 g/mol. The van der Waals surface area contributed by atoms with Gasteiger partial charge in [0.25, 0.3) is 0 Å². The van der Waals surface area contributed by atoms with Crippen molar-refractivity contribution >= 4 is 34.9 Å². The van der Waals surface area contributed by atoms with Crippen molar-refractivity contribution in [3.63, 3.8) is 0 Å². The van der Waals surface area contributed by atoms with Gasteiger partial charge in [-0.2, -0.15) is 0 Å². The zero-order valence-electron chi connectivity index (χ0n) is 15.7. The van der Waals surface area contributed by atoms with Crippen LogP contribution in [0.3, 0.4) is 0 Å². The molecule has 3 rings (SSSR count). The number of imidazole rings is 1. The highest BCUT2D eigenvalue weighted by atomic mass is 32.2. The first-order chi connectivity index (χ1) is 12.8. The zero-order chi connectivity index (χ0) is 19.4. The molecule has 10 heteroatoms. The van der Waals surface area contributed by atoms with Crippen LogP contribution in [0.4, 0.5) is 4.79 Å². The van der Waals surface area contributed by atoms with Crippen molar-refractivity contribution in [2.75, 3.05) is 18.8 Å². The number of carbonyl (C=O) groups excluding carboxylic acids is 2. The number of fused-ring (bicyclic) bond motifs is 1. The molecule has 27 heavy (non-hydrogen) atoms. The highest BCUT2D eigenvalue weighted by Crippen LogP contribution is 2.22. The molecule has 1 fully saturated rings. The van der Waals surface area contributed by atoms with E-state index in [-0.39, 0.29) is 18.0 Å². The average molecular weight is 392 g/mol. The summed E-state index contributed by atoms with van der Waals surface area (Å²) in [6.07, 6.45) is 3.82. The standard InChI is InChI=1S/C17H24N6O3S/c1-17(2,3)26-16(25)23-6-4-11(8-23)22-12(24)5-7-27-15-13-14(19-9-18-13)20-10-21-15/h9-11H,4-8H2,1-3H3,(H,22,24)(H,18,19,20,21)/t11-/m0/s1. The lowest BCUT2D eigenvalue weighted by molar-refractivity contribution is -0.121. The van der Waals surface area contributed by atoms with Crippen LogP contribution in [0.5, 0.6) is 0 Å². The quantitative estimate of drug-likeness (QED) is 0.591. The van der Waals surface area contributed by atoms with Crippen molar-refractivity contribution in [1.82, 2.24) is 30.2 Å². The Morgan fingerprint density at radius 2 is 2.19 bits per heavy atom. The van der Waals surface area contributed by atoms with Crippen LogP contribution < -0.4 is 5.32 Å². The highest BCUT2D eigenvalue weighted by Gasteiger charge is 2.30. The molecule has 1 atom stereocenters. The number of nitrogens with one attached hydrogen (secondary N) is 2. The molecule has 2 aromatic rings. The Hall–Kier alpha value is -2.36. The van der Waals surface area contributed by atoms with Crippen molar-refractivity contribution in [3.8, 4) is 0 Å². The number of rotatable bonds is 5. The fourth-order valence-corrected chi connectivity index (χ4v) is 3.66. The summed E-state index contributed by atoms with van der Waals surface area (Å²) in [5.74, 6) is 0.563. The number of nitrogens with zero attached hydrogens (tertiary/aromatic N) is 4. The molecule has 0 saturated carbocycles. The smallest absolute Gasteiger partial charge is 0.410 e. The molecule has 146 valence electrons. The van der Waals surface area contributed by atoms with Gasteiger partial charge in [0.05, 0.1) is 6.33 Å². The van der Waals surface area contributed by atoms with E-state index in [0.29, 0.717) is 30.9 Å². The first kappa shape index (κ1) is 19.4. The van der Waals surface area contributed by atoms with Gasteiger partial charge in [-0.1, -0.05) is 0 Å². The third-order valence-corrected chi connectivity index (χ3v) is 4.95. The second-order valence-electron chi connectivity index (χ2n) is 7.36. The van der Waals surface area contributed by atoms with Crippen molar-refractivity contribution < 1.29 is 14.3 Å². The van der Waals surface area contributed by atoms with Crippen LogP contribution in [0.2, 0.25) is 0 Å². The minimum absolute atomic E-state index is 0.0338. The number of likely N-dealkylation sites (tertiary alicyclic amines) is 1. The lowest BCUT2D eigenvalue weighted by atomic mass is 10.2. The maximum atomic E-state index is 12.2. The van der Waals surface area contributed by atoms with Crippen LogP contribution in [-0.4, -0.2) is 67.3 Å². The number of thioether (sulfide) groups is 1. The van der Waals surface area contributed by atoms with E-state index >= 15 is 0 Å². The molecule has 2 amide bonds. The van der Waals surface area contributed by atoms with E-state index in [1.54, 1.807) is 11.2 Å². The van der Waals surface area contributed by atoms with Gasteiger partial charge >= 0.3 is 6.09 Å². The number of H-pyrrole nitrogens is 1. The summed E-state index contributed by atoms with van der Waals surface area (Å²) in [5.41, 5.74) is 0.883. The highest BCUT2D eigenvalue weighted by molar-refractivity contribution is 7.99. The summed E-state index contributed by atoms with van der Waals surface area (Å²) in [7, 11) is 0. The first-order valence-electron chi connectivity index (χ1n) is 8.86. The molecule has 2 aromatic heterocycles. The van der Waals surface area contributed by atoms with E-state index in [4.69, 9.17) is 4.74 Å². The maximum Gasteiger partial charge on any atom is 0.410 e. The van der Waals surface area contributed by atoms with E-state index in [1.807, 2.05) is 20.8 Å². The van der Waals surface area contributed by atoms with Crippen LogP contribution >= 0.6 is 11.8 Å². The Labute approximate surface area is 161 Å². The van der Waals surface area contributed by atoms with E-state index in [9.17, 15) is 9.59 Å². The Balaban J connectivity index is 1.41. The van der Waals surface area contributed by atoms with Crippen molar-refractivity contribution in [3.05, 3.63) is 12.7 Å². The number of ether oxygens (including phenoxy) is 1. The predicted octanol–water partition coefficient (Wildman–Crippen LogP) is 1.96. The lowest BCUT2D eigenvalue weighted by Gasteiger charge is -2.24. The van der Waals surface area contributed by atoms with Gasteiger partial charge in [-0.15, -0.1) is 11.8 Å². The number of carbonyl (C=O) groups is 2. The monoisotopic (exact) mass is 392 g/mol. The normalized spacial score (nSPS) is 17.3. The number of hydrogen-bond acceptors (Lipinski definition) is 7. The molecule has 0 bridgehead atoms. The number of aromatic amines is 1. The van der Waals surface area contributed by atoms with Gasteiger partial charge in [0.15, 0.2) is 5.65 Å². The molecular formula is C17H24N6O3S. The Morgan fingerprint density at radius 1 is 1.37 bits per heavy atom. The molecule has 1 saturated heterocycles. The van der Waals surface area contributed by atoms with Crippen LogP contribution in [0.25, 0.3) is 11.2 Å². The summed E-state index contributed by atoms with van der Waals surface area (Å²) >= 11 is 1.48. The second kappa shape index (κ2) is 8.12. The first-order valence-corrected chi connectivity index (χ1v) is 9.84. The Morgan fingerprint density at radius 3 is 2.96 bits per heavy atom. The van der Waals surface area contributed by atoms with Crippen molar-refractivity contribution in [1.29, 1.82) is 0 Å². The van der Waals surface area contributed by atoms with E-state index in [0.717, 1.165) is 17.0 Å². The predicted molar refractivity (Wildman–Crippen MR) is 101 cm³/mol. The number of amides is 2. The van der Waals surface area contributed by atoms with E-state index < -0.39 is 5.60 Å². The Bertz CT molecular complexity index is 818. The molecule has 3 heterocycles. The molecule has 1 aliphatic rings. The minimum atomic E-state index is -0.517. The van der Waals surface area contributed by atoms with Crippen LogP contribution in [0.1, 0.15) is 33.6 Å². The topological polar surface area (TPSA) is 113 Å². The molecule has 0 aromatic carbocycles. The summed E-state index contributed by atoms with van der Waals surface area (Å²) in [6, 6.07) is -0.0339. The van der Waals surface area contributed by atoms with Crippen LogP contribution in [0, 0.1) is 0 Å². The fourth-order valence-electron chi connectivity index (χ4n) is 2.76. The van der Waals surface area contributed by atoms with Gasteiger partial charge in [-0.3, -0.25) is 4.79 Å². The van der Waals surface area contributed by atoms with Crippen LogP contribution in [0.15, 0.2) is 17.7 Å².